The fraction of sp³-hybridized carbons (Fsp3) is 0.533. The van der Waals surface area contributed by atoms with Crippen LogP contribution in [0.25, 0.3) is 0 Å². The number of halogens is 1. The average Bonchev–Trinajstić information content (AvgIpc) is 2.52. The van der Waals surface area contributed by atoms with Crippen LogP contribution < -0.4 is 0 Å². The second kappa shape index (κ2) is 10.3. The van der Waals surface area contributed by atoms with Crippen molar-refractivity contribution in [2.75, 3.05) is 53.0 Å². The van der Waals surface area contributed by atoms with E-state index in [1.807, 2.05) is 0 Å². The summed E-state index contributed by atoms with van der Waals surface area (Å²) >= 11 is 0. The Kier molecular flexibility index (Phi) is 8.83. The van der Waals surface area contributed by atoms with Gasteiger partial charge in [-0.3, -0.25) is 0 Å². The number of esters is 1. The highest BCUT2D eigenvalue weighted by atomic mass is 32.2. The molecule has 0 N–H and O–H groups in total. The summed E-state index contributed by atoms with van der Waals surface area (Å²) in [6.07, 6.45) is 0.970. The van der Waals surface area contributed by atoms with Crippen molar-refractivity contribution in [2.24, 2.45) is 0 Å². The lowest BCUT2D eigenvalue weighted by Gasteiger charge is -2.08. The lowest BCUT2D eigenvalue weighted by Crippen LogP contribution is -2.15. The van der Waals surface area contributed by atoms with Crippen molar-refractivity contribution in [2.45, 2.75) is 4.90 Å². The molecule has 0 aromatic heterocycles. The van der Waals surface area contributed by atoms with Gasteiger partial charge in [0.15, 0.2) is 9.84 Å². The molecule has 0 heterocycles. The Morgan fingerprint density at radius 1 is 1.04 bits per heavy atom. The topological polar surface area (TPSA) is 88.1 Å². The van der Waals surface area contributed by atoms with Crippen LogP contribution in [-0.4, -0.2) is 67.4 Å². The molecule has 24 heavy (non-hydrogen) atoms. The SMILES string of the molecule is COCCOCCOCCOC(=O)c1cc(S(C)(=O)=O)ccc1F. The quantitative estimate of drug-likeness (QED) is 0.330. The lowest BCUT2D eigenvalue weighted by atomic mass is 10.2. The van der Waals surface area contributed by atoms with Gasteiger partial charge in [0.25, 0.3) is 0 Å². The molecule has 0 atom stereocenters. The molecule has 0 aliphatic heterocycles. The fourth-order valence-electron chi connectivity index (χ4n) is 1.63. The normalized spacial score (nSPS) is 11.5. The highest BCUT2D eigenvalue weighted by Gasteiger charge is 2.17. The monoisotopic (exact) mass is 364 g/mol. The van der Waals surface area contributed by atoms with E-state index in [-0.39, 0.29) is 18.1 Å². The van der Waals surface area contributed by atoms with Gasteiger partial charge in [-0.25, -0.2) is 17.6 Å². The number of hydrogen-bond donors (Lipinski definition) is 0. The fourth-order valence-corrected chi connectivity index (χ4v) is 2.27. The summed E-state index contributed by atoms with van der Waals surface area (Å²) in [5, 5.41) is 0. The standard InChI is InChI=1S/C15H21FO7S/c1-20-5-6-21-7-8-22-9-10-23-15(17)13-11-12(24(2,18)19)3-4-14(13)16/h3-4,11H,5-10H2,1-2H3. The van der Waals surface area contributed by atoms with Gasteiger partial charge in [-0.2, -0.15) is 0 Å². The minimum atomic E-state index is -3.54. The third-order valence-electron chi connectivity index (χ3n) is 2.85. The van der Waals surface area contributed by atoms with Crippen molar-refractivity contribution in [3.05, 3.63) is 29.6 Å². The van der Waals surface area contributed by atoms with Crippen LogP contribution >= 0.6 is 0 Å². The third-order valence-corrected chi connectivity index (χ3v) is 3.96. The summed E-state index contributed by atoms with van der Waals surface area (Å²) in [6, 6.07) is 2.96. The van der Waals surface area contributed by atoms with Gasteiger partial charge in [-0.15, -0.1) is 0 Å². The van der Waals surface area contributed by atoms with Gasteiger partial charge < -0.3 is 18.9 Å². The Balaban J connectivity index is 2.36. The summed E-state index contributed by atoms with van der Waals surface area (Å²) in [5.74, 6) is -1.79. The summed E-state index contributed by atoms with van der Waals surface area (Å²) in [5.41, 5.74) is -0.430. The predicted molar refractivity (Wildman–Crippen MR) is 83.3 cm³/mol. The molecule has 0 amide bonds. The molecule has 1 aromatic rings. The number of carbonyl (C=O) groups excluding carboxylic acids is 1. The third kappa shape index (κ3) is 7.35. The molecule has 0 unspecified atom stereocenters. The lowest BCUT2D eigenvalue weighted by molar-refractivity contribution is 0.00553. The Labute approximate surface area is 140 Å². The van der Waals surface area contributed by atoms with Crippen LogP contribution in [0.2, 0.25) is 0 Å². The zero-order valence-corrected chi connectivity index (χ0v) is 14.4. The van der Waals surface area contributed by atoms with Gasteiger partial charge in [-0.05, 0) is 18.2 Å². The molecule has 136 valence electrons. The number of sulfone groups is 1. The molecular formula is C15H21FO7S. The van der Waals surface area contributed by atoms with E-state index in [1.54, 1.807) is 7.11 Å². The first kappa shape index (κ1) is 20.5. The molecule has 0 radical (unpaired) electrons. The molecule has 1 aromatic carbocycles. The Morgan fingerprint density at radius 2 is 1.62 bits per heavy atom. The van der Waals surface area contributed by atoms with Crippen LogP contribution in [0.5, 0.6) is 0 Å². The van der Waals surface area contributed by atoms with Crippen LogP contribution in [0, 0.1) is 5.82 Å². The molecular weight excluding hydrogens is 343 g/mol. The maximum Gasteiger partial charge on any atom is 0.341 e. The second-order valence-corrected chi connectivity index (χ2v) is 6.78. The number of carbonyl (C=O) groups is 1. The second-order valence-electron chi connectivity index (χ2n) is 4.77. The number of rotatable bonds is 11. The number of methoxy groups -OCH3 is 1. The van der Waals surface area contributed by atoms with Crippen LogP contribution in [0.3, 0.4) is 0 Å². The number of ether oxygens (including phenoxy) is 4. The first-order chi connectivity index (χ1) is 11.4. The van der Waals surface area contributed by atoms with E-state index in [4.69, 9.17) is 18.9 Å². The van der Waals surface area contributed by atoms with Crippen molar-refractivity contribution >= 4 is 15.8 Å². The molecule has 0 fully saturated rings. The zero-order chi connectivity index (χ0) is 18.0. The van der Waals surface area contributed by atoms with E-state index in [2.05, 4.69) is 0 Å². The molecule has 0 saturated carbocycles. The molecule has 0 aliphatic rings. The highest BCUT2D eigenvalue weighted by Crippen LogP contribution is 2.16. The van der Waals surface area contributed by atoms with Crippen molar-refractivity contribution in [1.82, 2.24) is 0 Å². The average molecular weight is 364 g/mol. The van der Waals surface area contributed by atoms with E-state index in [0.717, 1.165) is 24.5 Å². The van der Waals surface area contributed by atoms with E-state index >= 15 is 0 Å². The van der Waals surface area contributed by atoms with Crippen molar-refractivity contribution in [3.8, 4) is 0 Å². The molecule has 0 aliphatic carbocycles. The Bertz CT molecular complexity index is 631. The van der Waals surface area contributed by atoms with Crippen LogP contribution in [0.15, 0.2) is 23.1 Å². The molecule has 0 bridgehead atoms. The first-order valence-electron chi connectivity index (χ1n) is 7.17. The van der Waals surface area contributed by atoms with Gasteiger partial charge in [0, 0.05) is 13.4 Å². The Hall–Kier alpha value is -1.55. The minimum absolute atomic E-state index is 0.0839. The van der Waals surface area contributed by atoms with Gasteiger partial charge in [0.1, 0.15) is 12.4 Å². The summed E-state index contributed by atoms with van der Waals surface area (Å²) in [4.78, 5) is 11.6. The summed E-state index contributed by atoms with van der Waals surface area (Å²) in [7, 11) is -1.97. The van der Waals surface area contributed by atoms with E-state index < -0.39 is 27.2 Å². The highest BCUT2D eigenvalue weighted by molar-refractivity contribution is 7.90. The summed E-state index contributed by atoms with van der Waals surface area (Å²) in [6.45, 7) is 1.69. The smallest absolute Gasteiger partial charge is 0.341 e. The van der Waals surface area contributed by atoms with Crippen molar-refractivity contribution < 1.29 is 36.6 Å². The largest absolute Gasteiger partial charge is 0.460 e. The molecule has 0 saturated heterocycles. The van der Waals surface area contributed by atoms with Gasteiger partial charge in [0.05, 0.1) is 43.5 Å². The maximum atomic E-state index is 13.6. The molecule has 1 rings (SSSR count). The number of hydrogen-bond acceptors (Lipinski definition) is 7. The Morgan fingerprint density at radius 3 is 2.21 bits per heavy atom. The van der Waals surface area contributed by atoms with Crippen LogP contribution in [-0.2, 0) is 28.8 Å². The summed E-state index contributed by atoms with van der Waals surface area (Å²) < 4.78 is 56.5. The predicted octanol–water partition coefficient (Wildman–Crippen LogP) is 1.07. The molecule has 9 heteroatoms. The zero-order valence-electron chi connectivity index (χ0n) is 13.6. The van der Waals surface area contributed by atoms with Gasteiger partial charge >= 0.3 is 5.97 Å². The van der Waals surface area contributed by atoms with Gasteiger partial charge in [0.2, 0.25) is 0 Å². The van der Waals surface area contributed by atoms with Crippen molar-refractivity contribution in [3.63, 3.8) is 0 Å². The van der Waals surface area contributed by atoms with Crippen LogP contribution in [0.1, 0.15) is 10.4 Å². The number of benzene rings is 1. The van der Waals surface area contributed by atoms with E-state index in [1.165, 1.54) is 0 Å². The first-order valence-corrected chi connectivity index (χ1v) is 9.06. The van der Waals surface area contributed by atoms with E-state index in [9.17, 15) is 17.6 Å². The minimum Gasteiger partial charge on any atom is -0.460 e. The molecule has 0 spiro atoms. The maximum absolute atomic E-state index is 13.6. The van der Waals surface area contributed by atoms with E-state index in [0.29, 0.717) is 26.4 Å². The van der Waals surface area contributed by atoms with Gasteiger partial charge in [-0.1, -0.05) is 0 Å². The molecule has 7 nitrogen and oxygen atoms in total. The van der Waals surface area contributed by atoms with Crippen LogP contribution in [0.4, 0.5) is 4.39 Å². The van der Waals surface area contributed by atoms with Crippen molar-refractivity contribution in [1.29, 1.82) is 0 Å².